The van der Waals surface area contributed by atoms with Crippen LogP contribution in [0.4, 0.5) is 5.69 Å². The molecule has 0 spiro atoms. The maximum absolute atomic E-state index is 12.7. The summed E-state index contributed by atoms with van der Waals surface area (Å²) in [5.41, 5.74) is 3.75. The highest BCUT2D eigenvalue weighted by atomic mass is 32.2. The van der Waals surface area contributed by atoms with Crippen LogP contribution in [0.2, 0.25) is 0 Å². The lowest BCUT2D eigenvalue weighted by atomic mass is 10.0. The van der Waals surface area contributed by atoms with Crippen LogP contribution in [-0.4, -0.2) is 34.5 Å². The van der Waals surface area contributed by atoms with Gasteiger partial charge in [0.1, 0.15) is 5.75 Å². The van der Waals surface area contributed by atoms with Crippen molar-refractivity contribution in [3.63, 3.8) is 0 Å². The fourth-order valence-electron chi connectivity index (χ4n) is 3.81. The van der Waals surface area contributed by atoms with E-state index in [-0.39, 0.29) is 17.2 Å². The summed E-state index contributed by atoms with van der Waals surface area (Å²) in [5.74, 6) is 0.836. The number of benzene rings is 2. The summed E-state index contributed by atoms with van der Waals surface area (Å²) in [6.07, 6.45) is 2.55. The van der Waals surface area contributed by atoms with E-state index in [0.29, 0.717) is 13.0 Å². The van der Waals surface area contributed by atoms with Crippen LogP contribution in [0, 0.1) is 0 Å². The van der Waals surface area contributed by atoms with Crippen LogP contribution in [0.25, 0.3) is 0 Å². The molecule has 2 aromatic carbocycles. The molecule has 0 aliphatic carbocycles. The Labute approximate surface area is 159 Å². The first-order valence-electron chi connectivity index (χ1n) is 9.07. The van der Waals surface area contributed by atoms with Crippen LogP contribution in [-0.2, 0) is 34.1 Å². The average Bonchev–Trinajstić information content (AvgIpc) is 2.99. The van der Waals surface area contributed by atoms with Gasteiger partial charge >= 0.3 is 0 Å². The third-order valence-electron chi connectivity index (χ3n) is 5.16. The Hall–Kier alpha value is -2.38. The van der Waals surface area contributed by atoms with E-state index >= 15 is 0 Å². The summed E-state index contributed by atoms with van der Waals surface area (Å²) in [7, 11) is -2.00. The Kier molecular flexibility index (Phi) is 4.65. The van der Waals surface area contributed by atoms with E-state index < -0.39 is 10.0 Å². The molecule has 0 saturated carbocycles. The lowest BCUT2D eigenvalue weighted by molar-refractivity contribution is -0.117. The number of ether oxygens (including phenoxy) is 1. The number of nitrogens with zero attached hydrogens (tertiary/aromatic N) is 1. The van der Waals surface area contributed by atoms with Gasteiger partial charge in [0.15, 0.2) is 0 Å². The van der Waals surface area contributed by atoms with Gasteiger partial charge in [0.2, 0.25) is 15.9 Å². The molecule has 1 N–H and O–H groups in total. The second-order valence-corrected chi connectivity index (χ2v) is 8.68. The van der Waals surface area contributed by atoms with Crippen LogP contribution in [0.3, 0.4) is 0 Å². The highest BCUT2D eigenvalue weighted by molar-refractivity contribution is 7.89. The number of carbonyl (C=O) groups is 1. The molecule has 2 aliphatic rings. The van der Waals surface area contributed by atoms with Crippen molar-refractivity contribution in [2.24, 2.45) is 0 Å². The summed E-state index contributed by atoms with van der Waals surface area (Å²) in [6, 6.07) is 10.9. The van der Waals surface area contributed by atoms with E-state index in [4.69, 9.17) is 4.74 Å². The minimum atomic E-state index is -3.61. The number of carbonyl (C=O) groups excluding carboxylic acids is 1. The van der Waals surface area contributed by atoms with Crippen molar-refractivity contribution in [2.45, 2.75) is 30.6 Å². The Balaban J connectivity index is 1.49. The summed E-state index contributed by atoms with van der Waals surface area (Å²) >= 11 is 0. The molecule has 0 unspecified atom stereocenters. The van der Waals surface area contributed by atoms with E-state index in [1.54, 1.807) is 24.1 Å². The van der Waals surface area contributed by atoms with Crippen molar-refractivity contribution in [2.75, 3.05) is 25.1 Å². The zero-order valence-electron chi connectivity index (χ0n) is 15.2. The molecule has 4 rings (SSSR count). The van der Waals surface area contributed by atoms with E-state index in [1.807, 2.05) is 24.3 Å². The minimum absolute atomic E-state index is 0.0629. The molecule has 0 saturated heterocycles. The zero-order valence-corrected chi connectivity index (χ0v) is 16.0. The van der Waals surface area contributed by atoms with Gasteiger partial charge in [0.25, 0.3) is 0 Å². The first kappa shape index (κ1) is 18.0. The van der Waals surface area contributed by atoms with Gasteiger partial charge in [-0.1, -0.05) is 12.1 Å². The number of hydrogen-bond acceptors (Lipinski definition) is 4. The molecule has 0 fully saturated rings. The van der Waals surface area contributed by atoms with Crippen LogP contribution >= 0.6 is 0 Å². The Morgan fingerprint density at radius 2 is 1.89 bits per heavy atom. The third kappa shape index (κ3) is 3.44. The monoisotopic (exact) mass is 386 g/mol. The summed E-state index contributed by atoms with van der Waals surface area (Å²) < 4.78 is 33.3. The molecule has 7 heteroatoms. The molecule has 142 valence electrons. The summed E-state index contributed by atoms with van der Waals surface area (Å²) in [5, 5.41) is 0. The van der Waals surface area contributed by atoms with Crippen molar-refractivity contribution in [3.8, 4) is 5.75 Å². The first-order valence-corrected chi connectivity index (χ1v) is 10.5. The molecule has 2 aliphatic heterocycles. The molecule has 0 atom stereocenters. The minimum Gasteiger partial charge on any atom is -0.497 e. The molecular weight excluding hydrogens is 364 g/mol. The normalized spacial score (nSPS) is 15.7. The molecule has 0 aromatic heterocycles. The summed E-state index contributed by atoms with van der Waals surface area (Å²) in [4.78, 5) is 14.2. The molecule has 1 amide bonds. The van der Waals surface area contributed by atoms with Gasteiger partial charge in [-0.2, -0.15) is 0 Å². The maximum Gasteiger partial charge on any atom is 0.240 e. The number of hydrogen-bond donors (Lipinski definition) is 1. The quantitative estimate of drug-likeness (QED) is 0.825. The Morgan fingerprint density at radius 1 is 1.15 bits per heavy atom. The van der Waals surface area contributed by atoms with Crippen LogP contribution in [0.5, 0.6) is 5.75 Å². The van der Waals surface area contributed by atoms with Gasteiger partial charge < -0.3 is 9.64 Å². The number of amides is 1. The van der Waals surface area contributed by atoms with Gasteiger partial charge in [0, 0.05) is 13.1 Å². The molecule has 0 bridgehead atoms. The predicted octanol–water partition coefficient (Wildman–Crippen LogP) is 2.05. The molecule has 27 heavy (non-hydrogen) atoms. The highest BCUT2D eigenvalue weighted by Crippen LogP contribution is 2.38. The Morgan fingerprint density at radius 3 is 2.63 bits per heavy atom. The Bertz CT molecular complexity index is 984. The fourth-order valence-corrected chi connectivity index (χ4v) is 4.94. The van der Waals surface area contributed by atoms with Crippen molar-refractivity contribution in [1.82, 2.24) is 4.72 Å². The first-order chi connectivity index (χ1) is 13.0. The van der Waals surface area contributed by atoms with Crippen LogP contribution in [0.15, 0.2) is 41.3 Å². The topological polar surface area (TPSA) is 75.7 Å². The van der Waals surface area contributed by atoms with Gasteiger partial charge in [0.05, 0.1) is 24.1 Å². The van der Waals surface area contributed by atoms with Crippen LogP contribution in [0.1, 0.15) is 23.1 Å². The SMILES string of the molecule is COc1ccc(CCNS(=O)(=O)c2cc3c4c(c2)CC(=O)N4CCC3)cc1. The lowest BCUT2D eigenvalue weighted by Crippen LogP contribution is -2.31. The number of sulfonamides is 1. The van der Waals surface area contributed by atoms with Crippen molar-refractivity contribution >= 4 is 21.6 Å². The number of rotatable bonds is 6. The number of methoxy groups -OCH3 is 1. The largest absolute Gasteiger partial charge is 0.497 e. The summed E-state index contributed by atoms with van der Waals surface area (Å²) in [6.45, 7) is 1.04. The lowest BCUT2D eigenvalue weighted by Gasteiger charge is -2.26. The zero-order chi connectivity index (χ0) is 19.0. The van der Waals surface area contributed by atoms with Crippen LogP contribution < -0.4 is 14.4 Å². The number of anilines is 1. The van der Waals surface area contributed by atoms with Gasteiger partial charge in [-0.3, -0.25) is 4.79 Å². The van der Waals surface area contributed by atoms with Gasteiger partial charge in [-0.15, -0.1) is 0 Å². The predicted molar refractivity (Wildman–Crippen MR) is 103 cm³/mol. The molecular formula is C20H22N2O4S. The molecule has 0 radical (unpaired) electrons. The van der Waals surface area contributed by atoms with Crippen molar-refractivity contribution < 1.29 is 17.9 Å². The average molecular weight is 386 g/mol. The van der Waals surface area contributed by atoms with E-state index in [2.05, 4.69) is 4.72 Å². The fraction of sp³-hybridized carbons (Fsp3) is 0.350. The standard InChI is InChI=1S/C20H22N2O4S/c1-26-17-6-4-14(5-7-17)8-9-21-27(24,25)18-11-15-3-2-10-22-19(23)13-16(12-18)20(15)22/h4-7,11-12,21H,2-3,8-10,13H2,1H3. The molecule has 2 heterocycles. The number of aryl methyl sites for hydroxylation is 1. The van der Waals surface area contributed by atoms with Gasteiger partial charge in [-0.05, 0) is 60.2 Å². The highest BCUT2D eigenvalue weighted by Gasteiger charge is 2.33. The molecule has 2 aromatic rings. The third-order valence-corrected chi connectivity index (χ3v) is 6.60. The smallest absolute Gasteiger partial charge is 0.240 e. The van der Waals surface area contributed by atoms with Crippen molar-refractivity contribution in [1.29, 1.82) is 0 Å². The maximum atomic E-state index is 12.7. The second-order valence-electron chi connectivity index (χ2n) is 6.91. The number of nitrogens with one attached hydrogen (secondary N) is 1. The van der Waals surface area contributed by atoms with E-state index in [9.17, 15) is 13.2 Å². The van der Waals surface area contributed by atoms with E-state index in [1.165, 1.54) is 0 Å². The van der Waals surface area contributed by atoms with Crippen molar-refractivity contribution in [3.05, 3.63) is 53.1 Å². The van der Waals surface area contributed by atoms with Gasteiger partial charge in [-0.25, -0.2) is 13.1 Å². The second kappa shape index (κ2) is 6.98. The molecule has 6 nitrogen and oxygen atoms in total. The van der Waals surface area contributed by atoms with E-state index in [0.717, 1.165) is 47.5 Å².